The molecule has 0 bridgehead atoms. The first-order valence-corrected chi connectivity index (χ1v) is 10.7. The number of aliphatic carboxylic acids is 1. The molecule has 0 radical (unpaired) electrons. The number of aromatic nitrogens is 2. The van der Waals surface area contributed by atoms with Crippen LogP contribution in [0.5, 0.6) is 0 Å². The molecule has 0 saturated heterocycles. The zero-order valence-corrected chi connectivity index (χ0v) is 19.4. The largest absolute Gasteiger partial charge is 0.490 e. The summed E-state index contributed by atoms with van der Waals surface area (Å²) in [6.07, 6.45) is -6.05. The quantitative estimate of drug-likeness (QED) is 0.350. The van der Waals surface area contributed by atoms with Crippen molar-refractivity contribution in [3.8, 4) is 17.3 Å². The number of carboxylic acid groups (broad SMARTS) is 1. The smallest absolute Gasteiger partial charge is 0.475 e. The Morgan fingerprint density at radius 1 is 1.09 bits per heavy atom. The highest BCUT2D eigenvalue weighted by Gasteiger charge is 2.38. The number of alkyl halides is 6. The zero-order valence-electron chi connectivity index (χ0n) is 19.4. The fourth-order valence-corrected chi connectivity index (χ4v) is 2.84. The number of aryl methyl sites for hydroxylation is 1. The van der Waals surface area contributed by atoms with E-state index in [2.05, 4.69) is 36.1 Å². The number of nitriles is 1. The van der Waals surface area contributed by atoms with Crippen molar-refractivity contribution in [2.45, 2.75) is 64.3 Å². The molecule has 0 amide bonds. The third-order valence-electron chi connectivity index (χ3n) is 5.33. The van der Waals surface area contributed by atoms with E-state index in [9.17, 15) is 31.6 Å². The molecule has 0 aliphatic rings. The minimum absolute atomic E-state index is 0.0372. The number of hydrogen-bond donors (Lipinski definition) is 2. The summed E-state index contributed by atoms with van der Waals surface area (Å²) in [5, 5.41) is 19.8. The lowest BCUT2D eigenvalue weighted by molar-refractivity contribution is -0.192. The van der Waals surface area contributed by atoms with Gasteiger partial charge >= 0.3 is 18.3 Å². The third kappa shape index (κ3) is 9.90. The fourth-order valence-electron chi connectivity index (χ4n) is 2.84. The molecule has 1 aromatic heterocycles. The third-order valence-corrected chi connectivity index (χ3v) is 5.33. The van der Waals surface area contributed by atoms with Crippen molar-refractivity contribution >= 4 is 5.97 Å². The number of benzene rings is 1. The lowest BCUT2D eigenvalue weighted by atomic mass is 9.95. The van der Waals surface area contributed by atoms with Crippen LogP contribution in [0.4, 0.5) is 26.3 Å². The highest BCUT2D eigenvalue weighted by Crippen LogP contribution is 2.32. The lowest BCUT2D eigenvalue weighted by Gasteiger charge is -2.28. The van der Waals surface area contributed by atoms with E-state index in [0.717, 1.165) is 37.9 Å². The predicted molar refractivity (Wildman–Crippen MR) is 116 cm³/mol. The molecule has 2 aromatic rings. The highest BCUT2D eigenvalue weighted by molar-refractivity contribution is 5.73. The van der Waals surface area contributed by atoms with Gasteiger partial charge in [0.15, 0.2) is 0 Å². The van der Waals surface area contributed by atoms with E-state index in [0.29, 0.717) is 23.4 Å². The predicted octanol–water partition coefficient (Wildman–Crippen LogP) is 5.77. The Balaban J connectivity index is 0.000000762. The van der Waals surface area contributed by atoms with Crippen LogP contribution in [0.3, 0.4) is 0 Å². The van der Waals surface area contributed by atoms with Crippen LogP contribution >= 0.6 is 0 Å². The molecule has 2 rings (SSSR count). The second kappa shape index (κ2) is 12.5. The maximum absolute atomic E-state index is 13.0. The second-order valence-corrected chi connectivity index (χ2v) is 7.86. The van der Waals surface area contributed by atoms with Crippen LogP contribution in [0.15, 0.2) is 30.3 Å². The van der Waals surface area contributed by atoms with E-state index in [-0.39, 0.29) is 11.4 Å². The van der Waals surface area contributed by atoms with Gasteiger partial charge < -0.3 is 10.4 Å². The first kappa shape index (κ1) is 29.8. The van der Waals surface area contributed by atoms with Crippen molar-refractivity contribution in [3.05, 3.63) is 47.4 Å². The maximum Gasteiger partial charge on any atom is 0.490 e. The van der Waals surface area contributed by atoms with Gasteiger partial charge in [-0.3, -0.25) is 0 Å². The minimum Gasteiger partial charge on any atom is -0.475 e. The molecule has 2 N–H and O–H groups in total. The molecule has 1 heterocycles. The molecule has 0 spiro atoms. The Bertz CT molecular complexity index is 1030. The monoisotopic (exact) mass is 504 g/mol. The van der Waals surface area contributed by atoms with Crippen LogP contribution < -0.4 is 5.32 Å². The summed E-state index contributed by atoms with van der Waals surface area (Å²) < 4.78 is 70.7. The van der Waals surface area contributed by atoms with Crippen molar-refractivity contribution in [1.82, 2.24) is 15.3 Å². The van der Waals surface area contributed by atoms with Gasteiger partial charge in [-0.2, -0.15) is 31.6 Å². The average Bonchev–Trinajstić information content (AvgIpc) is 2.80. The average molecular weight is 504 g/mol. The highest BCUT2D eigenvalue weighted by atomic mass is 19.4. The summed E-state index contributed by atoms with van der Waals surface area (Å²) >= 11 is 0. The Kier molecular flexibility index (Phi) is 10.6. The van der Waals surface area contributed by atoms with Gasteiger partial charge in [-0.1, -0.05) is 26.0 Å². The fraction of sp³-hybridized carbons (Fsp3) is 0.478. The topological polar surface area (TPSA) is 98.9 Å². The van der Waals surface area contributed by atoms with Gasteiger partial charge in [0.1, 0.15) is 6.07 Å². The zero-order chi connectivity index (χ0) is 26.9. The minimum atomic E-state index is -5.08. The molecule has 0 aliphatic heterocycles. The normalized spacial score (nSPS) is 11.9. The molecule has 0 aliphatic carbocycles. The van der Waals surface area contributed by atoms with Gasteiger partial charge in [-0.25, -0.2) is 14.8 Å². The van der Waals surface area contributed by atoms with Crippen LogP contribution in [0.1, 0.15) is 57.1 Å². The maximum atomic E-state index is 13.0. The summed E-state index contributed by atoms with van der Waals surface area (Å²) in [7, 11) is 0. The van der Waals surface area contributed by atoms with Crippen LogP contribution in [-0.2, 0) is 17.4 Å². The molecule has 0 saturated carbocycles. The van der Waals surface area contributed by atoms with Crippen LogP contribution in [0.25, 0.3) is 11.3 Å². The number of carboxylic acids is 1. The van der Waals surface area contributed by atoms with E-state index in [1.807, 2.05) is 6.07 Å². The Hall–Kier alpha value is -3.20. The van der Waals surface area contributed by atoms with Crippen molar-refractivity contribution in [1.29, 1.82) is 5.26 Å². The molecule has 35 heavy (non-hydrogen) atoms. The van der Waals surface area contributed by atoms with Crippen molar-refractivity contribution in [2.75, 3.05) is 6.54 Å². The Morgan fingerprint density at radius 3 is 2.17 bits per heavy atom. The second-order valence-electron chi connectivity index (χ2n) is 7.86. The van der Waals surface area contributed by atoms with E-state index in [1.165, 1.54) is 6.07 Å². The van der Waals surface area contributed by atoms with Gasteiger partial charge in [-0.05, 0) is 57.4 Å². The molecule has 0 fully saturated rings. The summed E-state index contributed by atoms with van der Waals surface area (Å²) in [5.41, 5.74) is 0.638. The SMILES string of the molecule is CCC(C)(CC)NCCCc1cc(-c2cccc(C(F)(F)F)c2)nc(C#N)n1.O=C(O)C(F)(F)F. The van der Waals surface area contributed by atoms with Crippen molar-refractivity contribution in [2.24, 2.45) is 0 Å². The number of rotatable bonds is 8. The summed E-state index contributed by atoms with van der Waals surface area (Å²) in [5.74, 6) is -2.79. The van der Waals surface area contributed by atoms with Crippen molar-refractivity contribution < 1.29 is 36.2 Å². The van der Waals surface area contributed by atoms with Gasteiger partial charge in [0.25, 0.3) is 0 Å². The first-order valence-electron chi connectivity index (χ1n) is 10.7. The van der Waals surface area contributed by atoms with E-state index >= 15 is 0 Å². The molecule has 192 valence electrons. The van der Waals surface area contributed by atoms with E-state index in [4.69, 9.17) is 9.90 Å². The van der Waals surface area contributed by atoms with Gasteiger partial charge in [0.05, 0.1) is 11.3 Å². The summed E-state index contributed by atoms with van der Waals surface area (Å²) in [6.45, 7) is 7.25. The Morgan fingerprint density at radius 2 is 1.69 bits per heavy atom. The number of carbonyl (C=O) groups is 1. The lowest BCUT2D eigenvalue weighted by Crippen LogP contribution is -2.41. The number of nitrogens with zero attached hydrogens (tertiary/aromatic N) is 3. The van der Waals surface area contributed by atoms with Crippen LogP contribution in [0, 0.1) is 11.3 Å². The van der Waals surface area contributed by atoms with E-state index in [1.54, 1.807) is 12.1 Å². The molecule has 1 aromatic carbocycles. The molecule has 6 nitrogen and oxygen atoms in total. The number of nitrogens with one attached hydrogen (secondary N) is 1. The van der Waals surface area contributed by atoms with Crippen molar-refractivity contribution in [3.63, 3.8) is 0 Å². The summed E-state index contributed by atoms with van der Waals surface area (Å²) in [6, 6.07) is 8.51. The van der Waals surface area contributed by atoms with Crippen LogP contribution in [-0.4, -0.2) is 39.3 Å². The molecular formula is C23H26F6N4O2. The van der Waals surface area contributed by atoms with E-state index < -0.39 is 23.9 Å². The first-order chi connectivity index (χ1) is 16.1. The Labute approximate surface area is 199 Å². The molecule has 12 heteroatoms. The standard InChI is InChI=1S/C21H25F3N4.C2HF3O2/c1-4-20(3,5-2)26-11-7-10-17-13-18(28-19(14-25)27-17)15-8-6-9-16(12-15)21(22,23)24;3-2(4,5)1(6)7/h6,8-9,12-13,26H,4-5,7,10-11H2,1-3H3;(H,6,7). The molecule has 0 atom stereocenters. The van der Waals surface area contributed by atoms with Gasteiger partial charge in [0, 0.05) is 16.8 Å². The van der Waals surface area contributed by atoms with Gasteiger partial charge in [-0.15, -0.1) is 0 Å². The number of halogens is 6. The van der Waals surface area contributed by atoms with Crippen LogP contribution in [0.2, 0.25) is 0 Å². The number of hydrogen-bond acceptors (Lipinski definition) is 5. The summed E-state index contributed by atoms with van der Waals surface area (Å²) in [4.78, 5) is 17.2. The molecular weight excluding hydrogens is 478 g/mol. The van der Waals surface area contributed by atoms with Gasteiger partial charge in [0.2, 0.25) is 5.82 Å². The molecule has 0 unspecified atom stereocenters.